The summed E-state index contributed by atoms with van der Waals surface area (Å²) in [5, 5.41) is 5.28. The zero-order chi connectivity index (χ0) is 15.0. The Kier molecular flexibility index (Phi) is 3.69. The van der Waals surface area contributed by atoms with Crippen molar-refractivity contribution in [1.29, 1.82) is 0 Å². The van der Waals surface area contributed by atoms with Crippen molar-refractivity contribution in [3.8, 4) is 5.75 Å². The molecule has 1 unspecified atom stereocenters. The van der Waals surface area contributed by atoms with Crippen LogP contribution in [0.15, 0.2) is 23.6 Å². The number of primary amides is 1. The third-order valence-electron chi connectivity index (χ3n) is 3.94. The third kappa shape index (κ3) is 2.66. The first kappa shape index (κ1) is 14.1. The molecule has 2 aromatic rings. The van der Waals surface area contributed by atoms with Crippen molar-refractivity contribution in [2.75, 3.05) is 6.61 Å². The van der Waals surface area contributed by atoms with E-state index in [1.165, 1.54) is 16.7 Å². The van der Waals surface area contributed by atoms with Crippen molar-refractivity contribution in [2.24, 2.45) is 5.73 Å². The minimum atomic E-state index is -0.377. The summed E-state index contributed by atoms with van der Waals surface area (Å²) in [5.41, 5.74) is 9.52. The highest BCUT2D eigenvalue weighted by atomic mass is 32.1. The maximum Gasteiger partial charge on any atom is 0.249 e. The zero-order valence-electron chi connectivity index (χ0n) is 12.1. The van der Waals surface area contributed by atoms with Gasteiger partial charge in [-0.2, -0.15) is 0 Å². The number of fused-ring (bicyclic) bond motifs is 1. The van der Waals surface area contributed by atoms with Crippen LogP contribution in [0.1, 0.15) is 38.0 Å². The van der Waals surface area contributed by atoms with Gasteiger partial charge in [0.25, 0.3) is 0 Å². The molecule has 0 aliphatic carbocycles. The third-order valence-corrected chi connectivity index (χ3v) is 4.87. The van der Waals surface area contributed by atoms with E-state index in [-0.39, 0.29) is 11.9 Å². The lowest BCUT2D eigenvalue weighted by Gasteiger charge is -2.11. The van der Waals surface area contributed by atoms with Crippen molar-refractivity contribution in [1.82, 2.24) is 5.32 Å². The number of thiophene rings is 1. The number of nitrogens with two attached hydrogens (primary N) is 1. The van der Waals surface area contributed by atoms with Crippen LogP contribution in [-0.2, 0) is 6.54 Å². The van der Waals surface area contributed by atoms with Crippen LogP contribution in [0.25, 0.3) is 0 Å². The molecule has 0 bridgehead atoms. The molecule has 0 fully saturated rings. The number of rotatable bonds is 4. The quantitative estimate of drug-likeness (QED) is 0.912. The van der Waals surface area contributed by atoms with Gasteiger partial charge >= 0.3 is 0 Å². The summed E-state index contributed by atoms with van der Waals surface area (Å²) < 4.78 is 5.82. The minimum Gasteiger partial charge on any atom is -0.491 e. The molecule has 2 heterocycles. The first-order valence-corrected chi connectivity index (χ1v) is 7.77. The van der Waals surface area contributed by atoms with Crippen molar-refractivity contribution in [3.05, 3.63) is 50.7 Å². The number of carbonyl (C=O) groups is 1. The molecule has 5 heteroatoms. The molecule has 0 spiro atoms. The Hall–Kier alpha value is -1.85. The lowest BCUT2D eigenvalue weighted by Crippen LogP contribution is -2.21. The molecule has 0 radical (unpaired) electrons. The number of ether oxygens (including phenoxy) is 1. The molecule has 0 saturated carbocycles. The predicted octanol–water partition coefficient (Wildman–Crippen LogP) is 2.69. The van der Waals surface area contributed by atoms with Crippen LogP contribution in [0, 0.1) is 13.8 Å². The lowest BCUT2D eigenvalue weighted by molar-refractivity contribution is 0.100. The molecule has 1 aliphatic heterocycles. The number of hydrogen-bond donors (Lipinski definition) is 2. The molecule has 1 atom stereocenters. The molecule has 1 aromatic carbocycles. The van der Waals surface area contributed by atoms with Gasteiger partial charge in [-0.1, -0.05) is 12.1 Å². The Morgan fingerprint density at radius 2 is 2.29 bits per heavy atom. The van der Waals surface area contributed by atoms with E-state index in [9.17, 15) is 4.79 Å². The van der Waals surface area contributed by atoms with Gasteiger partial charge in [0.05, 0.1) is 11.6 Å². The van der Waals surface area contributed by atoms with Crippen LogP contribution in [-0.4, -0.2) is 12.5 Å². The molecule has 0 saturated heterocycles. The maximum atomic E-state index is 11.1. The second-order valence-electron chi connectivity index (χ2n) is 5.34. The Morgan fingerprint density at radius 1 is 1.48 bits per heavy atom. The van der Waals surface area contributed by atoms with Crippen LogP contribution in [0.5, 0.6) is 5.75 Å². The van der Waals surface area contributed by atoms with Crippen molar-refractivity contribution >= 4 is 17.2 Å². The highest BCUT2D eigenvalue weighted by Crippen LogP contribution is 2.36. The number of aryl methyl sites for hydroxylation is 1. The monoisotopic (exact) mass is 302 g/mol. The average molecular weight is 302 g/mol. The van der Waals surface area contributed by atoms with Gasteiger partial charge in [0.2, 0.25) is 5.91 Å². The zero-order valence-corrected chi connectivity index (χ0v) is 12.9. The smallest absolute Gasteiger partial charge is 0.249 e. The van der Waals surface area contributed by atoms with Gasteiger partial charge in [-0.25, -0.2) is 0 Å². The second-order valence-corrected chi connectivity index (χ2v) is 6.33. The molecule has 4 nitrogen and oxygen atoms in total. The Morgan fingerprint density at radius 3 is 3.00 bits per heavy atom. The molecule has 21 heavy (non-hydrogen) atoms. The van der Waals surface area contributed by atoms with E-state index in [1.807, 2.05) is 6.07 Å². The van der Waals surface area contributed by atoms with E-state index in [1.54, 1.807) is 16.7 Å². The fourth-order valence-corrected chi connectivity index (χ4v) is 3.35. The maximum absolute atomic E-state index is 11.1. The molecule has 3 N–H and O–H groups in total. The number of hydrogen-bond acceptors (Lipinski definition) is 4. The van der Waals surface area contributed by atoms with Gasteiger partial charge in [0.1, 0.15) is 12.4 Å². The largest absolute Gasteiger partial charge is 0.491 e. The van der Waals surface area contributed by atoms with Gasteiger partial charge in [0, 0.05) is 22.4 Å². The van der Waals surface area contributed by atoms with Gasteiger partial charge in [-0.3, -0.25) is 4.79 Å². The Balaban J connectivity index is 1.71. The van der Waals surface area contributed by atoms with E-state index in [2.05, 4.69) is 31.3 Å². The SMILES string of the molecule is Cc1ccc2c(c1C)OCC2NCc1cc(C(N)=O)cs1. The van der Waals surface area contributed by atoms with E-state index in [0.29, 0.717) is 18.7 Å². The van der Waals surface area contributed by atoms with Gasteiger partial charge in [-0.15, -0.1) is 11.3 Å². The summed E-state index contributed by atoms with van der Waals surface area (Å²) in [6, 6.07) is 6.30. The van der Waals surface area contributed by atoms with Crippen LogP contribution in [0.3, 0.4) is 0 Å². The standard InChI is InChI=1S/C16H18N2O2S/c1-9-3-4-13-14(7-20-15(13)10(9)2)18-6-12-5-11(8-21-12)16(17)19/h3-5,8,14,18H,6-7H2,1-2H3,(H2,17,19). The van der Waals surface area contributed by atoms with E-state index in [0.717, 1.165) is 10.6 Å². The lowest BCUT2D eigenvalue weighted by atomic mass is 10.0. The highest BCUT2D eigenvalue weighted by Gasteiger charge is 2.25. The second kappa shape index (κ2) is 5.50. The molecule has 1 amide bonds. The first-order chi connectivity index (χ1) is 10.1. The summed E-state index contributed by atoms with van der Waals surface area (Å²) in [4.78, 5) is 12.2. The number of amides is 1. The van der Waals surface area contributed by atoms with Gasteiger partial charge in [0.15, 0.2) is 0 Å². The van der Waals surface area contributed by atoms with Crippen LogP contribution < -0.4 is 15.8 Å². The topological polar surface area (TPSA) is 64.3 Å². The molecular weight excluding hydrogens is 284 g/mol. The molecular formula is C16H18N2O2S. The van der Waals surface area contributed by atoms with E-state index < -0.39 is 0 Å². The fourth-order valence-electron chi connectivity index (χ4n) is 2.53. The average Bonchev–Trinajstić information content (AvgIpc) is 3.07. The predicted molar refractivity (Wildman–Crippen MR) is 83.8 cm³/mol. The molecule has 1 aliphatic rings. The summed E-state index contributed by atoms with van der Waals surface area (Å²) in [7, 11) is 0. The first-order valence-electron chi connectivity index (χ1n) is 6.89. The summed E-state index contributed by atoms with van der Waals surface area (Å²) in [6.45, 7) is 5.54. The Bertz CT molecular complexity index is 694. The normalized spacial score (nSPS) is 16.6. The fraction of sp³-hybridized carbons (Fsp3) is 0.312. The summed E-state index contributed by atoms with van der Waals surface area (Å²) in [6.07, 6.45) is 0. The van der Waals surface area contributed by atoms with E-state index >= 15 is 0 Å². The minimum absolute atomic E-state index is 0.193. The van der Waals surface area contributed by atoms with Crippen LogP contribution in [0.2, 0.25) is 0 Å². The number of carbonyl (C=O) groups excluding carboxylic acids is 1. The number of benzene rings is 1. The Labute approximate surface area is 127 Å². The number of nitrogens with one attached hydrogen (secondary N) is 1. The summed E-state index contributed by atoms with van der Waals surface area (Å²) in [5.74, 6) is 0.634. The molecule has 1 aromatic heterocycles. The molecule has 3 rings (SSSR count). The van der Waals surface area contributed by atoms with E-state index in [4.69, 9.17) is 10.5 Å². The summed E-state index contributed by atoms with van der Waals surface area (Å²) >= 11 is 1.54. The molecule has 110 valence electrons. The van der Waals surface area contributed by atoms with Crippen molar-refractivity contribution < 1.29 is 9.53 Å². The van der Waals surface area contributed by atoms with Gasteiger partial charge in [-0.05, 0) is 31.0 Å². The van der Waals surface area contributed by atoms with Crippen LogP contribution >= 0.6 is 11.3 Å². The van der Waals surface area contributed by atoms with Gasteiger partial charge < -0.3 is 15.8 Å². The van der Waals surface area contributed by atoms with Crippen molar-refractivity contribution in [2.45, 2.75) is 26.4 Å². The van der Waals surface area contributed by atoms with Crippen LogP contribution in [0.4, 0.5) is 0 Å². The highest BCUT2D eigenvalue weighted by molar-refractivity contribution is 7.10. The van der Waals surface area contributed by atoms with Crippen molar-refractivity contribution in [3.63, 3.8) is 0 Å².